The molecular weight excluding hydrogens is 366 g/mol. The molecule has 0 bridgehead atoms. The third-order valence-corrected chi connectivity index (χ3v) is 7.32. The van der Waals surface area contributed by atoms with Crippen molar-refractivity contribution in [3.63, 3.8) is 0 Å². The first-order valence-corrected chi connectivity index (χ1v) is 11.1. The molecule has 1 N–H and O–H groups in total. The number of nitrogens with one attached hydrogen (secondary N) is 1. The molecule has 0 radical (unpaired) electrons. The largest absolute Gasteiger partial charge is 0.333 e. The Morgan fingerprint density at radius 3 is 2.58 bits per heavy atom. The van der Waals surface area contributed by atoms with Crippen LogP contribution in [0.15, 0.2) is 17.5 Å². The molecule has 2 saturated heterocycles. The number of nitrogens with zero attached hydrogens (tertiary/aromatic N) is 2. The normalized spacial score (nSPS) is 25.0. The topological polar surface area (TPSA) is 52.6 Å². The average molecular weight is 396 g/mol. The third kappa shape index (κ3) is 4.55. The van der Waals surface area contributed by atoms with Gasteiger partial charge in [-0.2, -0.15) is 0 Å². The fourth-order valence-corrected chi connectivity index (χ4v) is 5.75. The van der Waals surface area contributed by atoms with Crippen LogP contribution in [-0.4, -0.2) is 52.2 Å². The lowest BCUT2D eigenvalue weighted by Crippen LogP contribution is -2.51. The first-order chi connectivity index (χ1) is 12.2. The summed E-state index contributed by atoms with van der Waals surface area (Å²) in [5.41, 5.74) is -0.211. The highest BCUT2D eigenvalue weighted by atomic mass is 32.2. The molecule has 0 unspecified atom stereocenters. The van der Waals surface area contributed by atoms with Crippen molar-refractivity contribution >= 4 is 35.0 Å². The highest BCUT2D eigenvalue weighted by Crippen LogP contribution is 2.45. The molecule has 3 heterocycles. The lowest BCUT2D eigenvalue weighted by molar-refractivity contribution is -0.130. The zero-order chi connectivity index (χ0) is 18.9. The van der Waals surface area contributed by atoms with Crippen LogP contribution in [0, 0.1) is 5.92 Å². The Labute approximate surface area is 164 Å². The summed E-state index contributed by atoms with van der Waals surface area (Å²) in [6.07, 6.45) is 1.91. The summed E-state index contributed by atoms with van der Waals surface area (Å²) in [6.45, 7) is 10.3. The Bertz CT molecular complexity index is 634. The number of piperidine rings is 1. The van der Waals surface area contributed by atoms with Gasteiger partial charge in [0, 0.05) is 30.1 Å². The van der Waals surface area contributed by atoms with Crippen LogP contribution in [0.4, 0.5) is 4.79 Å². The van der Waals surface area contributed by atoms with E-state index in [-0.39, 0.29) is 28.1 Å². The molecule has 2 aliphatic heterocycles. The van der Waals surface area contributed by atoms with Gasteiger partial charge in [-0.1, -0.05) is 6.07 Å². The van der Waals surface area contributed by atoms with Crippen LogP contribution in [0.25, 0.3) is 0 Å². The Morgan fingerprint density at radius 2 is 2.00 bits per heavy atom. The number of carbonyl (C=O) groups excluding carboxylic acids is 2. The molecule has 0 aliphatic carbocycles. The van der Waals surface area contributed by atoms with Gasteiger partial charge in [0.05, 0.1) is 5.25 Å². The van der Waals surface area contributed by atoms with Crippen LogP contribution in [0.3, 0.4) is 0 Å². The SMILES string of the molecule is C[C@H]1S[C@@H](c2cccs2)N(CC2CCN(C(=O)NC(C)(C)C)CC2)C1=O. The number of thiophene rings is 1. The first-order valence-electron chi connectivity index (χ1n) is 9.31. The minimum Gasteiger partial charge on any atom is -0.333 e. The van der Waals surface area contributed by atoms with E-state index in [0.29, 0.717) is 5.92 Å². The molecule has 0 spiro atoms. The summed E-state index contributed by atoms with van der Waals surface area (Å²) in [4.78, 5) is 30.2. The quantitative estimate of drug-likeness (QED) is 0.844. The lowest BCUT2D eigenvalue weighted by Gasteiger charge is -2.36. The number of hydrogen-bond donors (Lipinski definition) is 1. The van der Waals surface area contributed by atoms with Crippen LogP contribution in [0.5, 0.6) is 0 Å². The number of likely N-dealkylation sites (tertiary alicyclic amines) is 1. The van der Waals surface area contributed by atoms with Crippen molar-refractivity contribution in [2.24, 2.45) is 5.92 Å². The smallest absolute Gasteiger partial charge is 0.317 e. The molecule has 3 amide bonds. The summed E-state index contributed by atoms with van der Waals surface area (Å²) in [5, 5.41) is 5.29. The molecular formula is C19H29N3O2S2. The van der Waals surface area contributed by atoms with Gasteiger partial charge in [0.25, 0.3) is 0 Å². The molecule has 144 valence electrons. The van der Waals surface area contributed by atoms with Gasteiger partial charge < -0.3 is 15.1 Å². The van der Waals surface area contributed by atoms with Crippen molar-refractivity contribution in [2.45, 2.75) is 56.7 Å². The van der Waals surface area contributed by atoms with Gasteiger partial charge >= 0.3 is 6.03 Å². The number of urea groups is 1. The van der Waals surface area contributed by atoms with Gasteiger partial charge in [0.15, 0.2) is 0 Å². The molecule has 2 fully saturated rings. The van der Waals surface area contributed by atoms with E-state index in [2.05, 4.69) is 27.7 Å². The minimum absolute atomic E-state index is 0.0221. The van der Waals surface area contributed by atoms with Gasteiger partial charge in [-0.3, -0.25) is 4.79 Å². The Balaban J connectivity index is 1.56. The number of thioether (sulfide) groups is 1. The second kappa shape index (κ2) is 7.80. The van der Waals surface area contributed by atoms with E-state index in [1.54, 1.807) is 23.1 Å². The van der Waals surface area contributed by atoms with Crippen LogP contribution in [-0.2, 0) is 4.79 Å². The van der Waals surface area contributed by atoms with E-state index in [4.69, 9.17) is 0 Å². The van der Waals surface area contributed by atoms with Gasteiger partial charge in [0.2, 0.25) is 5.91 Å². The summed E-state index contributed by atoms with van der Waals surface area (Å²) >= 11 is 3.48. The second-order valence-electron chi connectivity index (χ2n) is 8.25. The van der Waals surface area contributed by atoms with Crippen molar-refractivity contribution in [1.82, 2.24) is 15.1 Å². The summed E-state index contributed by atoms with van der Waals surface area (Å²) in [7, 11) is 0. The number of hydrogen-bond acceptors (Lipinski definition) is 4. The predicted molar refractivity (Wildman–Crippen MR) is 108 cm³/mol. The highest BCUT2D eigenvalue weighted by molar-refractivity contribution is 8.01. The monoisotopic (exact) mass is 395 g/mol. The van der Waals surface area contributed by atoms with E-state index in [1.807, 2.05) is 32.6 Å². The summed E-state index contributed by atoms with van der Waals surface area (Å²) in [5.74, 6) is 0.715. The zero-order valence-corrected chi connectivity index (χ0v) is 17.7. The molecule has 26 heavy (non-hydrogen) atoms. The number of rotatable bonds is 3. The molecule has 1 aromatic rings. The minimum atomic E-state index is -0.211. The average Bonchev–Trinajstić information content (AvgIpc) is 3.18. The van der Waals surface area contributed by atoms with Crippen molar-refractivity contribution in [3.8, 4) is 0 Å². The van der Waals surface area contributed by atoms with Crippen LogP contribution in [0.2, 0.25) is 0 Å². The summed E-state index contributed by atoms with van der Waals surface area (Å²) in [6, 6.07) is 4.20. The number of amides is 3. The fourth-order valence-electron chi connectivity index (χ4n) is 3.51. The molecule has 3 rings (SSSR count). The van der Waals surface area contributed by atoms with Crippen LogP contribution < -0.4 is 5.32 Å². The fraction of sp³-hybridized carbons (Fsp3) is 0.684. The predicted octanol–water partition coefficient (Wildman–Crippen LogP) is 3.93. The molecule has 5 nitrogen and oxygen atoms in total. The first kappa shape index (κ1) is 19.5. The lowest BCUT2D eigenvalue weighted by atomic mass is 9.96. The van der Waals surface area contributed by atoms with Crippen LogP contribution in [0.1, 0.15) is 50.8 Å². The Morgan fingerprint density at radius 1 is 1.31 bits per heavy atom. The number of carbonyl (C=O) groups is 2. The molecule has 0 saturated carbocycles. The third-order valence-electron chi connectivity index (χ3n) is 4.87. The molecule has 2 aliphatic rings. The van der Waals surface area contributed by atoms with Crippen molar-refractivity contribution in [3.05, 3.63) is 22.4 Å². The maximum Gasteiger partial charge on any atom is 0.317 e. The van der Waals surface area contributed by atoms with Gasteiger partial charge in [-0.15, -0.1) is 23.1 Å². The van der Waals surface area contributed by atoms with E-state index in [0.717, 1.165) is 32.5 Å². The maximum absolute atomic E-state index is 12.6. The second-order valence-corrected chi connectivity index (χ2v) is 10.7. The van der Waals surface area contributed by atoms with Crippen molar-refractivity contribution in [1.29, 1.82) is 0 Å². The molecule has 0 aromatic carbocycles. The highest BCUT2D eigenvalue weighted by Gasteiger charge is 2.40. The van der Waals surface area contributed by atoms with Gasteiger partial charge in [-0.25, -0.2) is 4.79 Å². The van der Waals surface area contributed by atoms with Crippen molar-refractivity contribution < 1.29 is 9.59 Å². The molecule has 2 atom stereocenters. The molecule has 1 aromatic heterocycles. The van der Waals surface area contributed by atoms with Gasteiger partial charge in [0.1, 0.15) is 5.37 Å². The van der Waals surface area contributed by atoms with E-state index >= 15 is 0 Å². The van der Waals surface area contributed by atoms with E-state index in [1.165, 1.54) is 4.88 Å². The standard InChI is InChI=1S/C19H29N3O2S2/c1-13-16(23)22(17(26-13)15-6-5-11-25-15)12-14-7-9-21(10-8-14)18(24)20-19(2,3)4/h5-6,11,13-14,17H,7-10,12H2,1-4H3,(H,20,24)/t13-,17+/m1/s1. The van der Waals surface area contributed by atoms with E-state index in [9.17, 15) is 9.59 Å². The molecule has 7 heteroatoms. The van der Waals surface area contributed by atoms with E-state index < -0.39 is 0 Å². The Hall–Kier alpha value is -1.21. The van der Waals surface area contributed by atoms with Crippen molar-refractivity contribution in [2.75, 3.05) is 19.6 Å². The van der Waals surface area contributed by atoms with Gasteiger partial charge in [-0.05, 0) is 57.9 Å². The maximum atomic E-state index is 12.6. The Kier molecular flexibility index (Phi) is 5.87. The van der Waals surface area contributed by atoms with Crippen LogP contribution >= 0.6 is 23.1 Å². The zero-order valence-electron chi connectivity index (χ0n) is 16.0. The summed E-state index contributed by atoms with van der Waals surface area (Å²) < 4.78 is 0.